The third-order valence-electron chi connectivity index (χ3n) is 3.30. The lowest BCUT2D eigenvalue weighted by molar-refractivity contribution is -0.121. The quantitative estimate of drug-likeness (QED) is 0.381. The van der Waals surface area contributed by atoms with Gasteiger partial charge in [-0.3, -0.25) is 4.79 Å². The monoisotopic (exact) mass is 294 g/mol. The summed E-state index contributed by atoms with van der Waals surface area (Å²) in [6.45, 7) is 4.27. The summed E-state index contributed by atoms with van der Waals surface area (Å²) < 4.78 is 0. The molecule has 0 saturated heterocycles. The van der Waals surface area contributed by atoms with Crippen LogP contribution in [0.2, 0.25) is 0 Å². The highest BCUT2D eigenvalue weighted by molar-refractivity contribution is 7.10. The lowest BCUT2D eigenvalue weighted by atomic mass is 10.1. The van der Waals surface area contributed by atoms with Crippen LogP contribution in [0.15, 0.2) is 16.5 Å². The van der Waals surface area contributed by atoms with Crippen LogP contribution in [0.5, 0.6) is 0 Å². The molecule has 0 unspecified atom stereocenters. The first-order chi connectivity index (χ1) is 9.74. The summed E-state index contributed by atoms with van der Waals surface area (Å²) in [4.78, 5) is 12.8. The van der Waals surface area contributed by atoms with Crippen LogP contribution in [0.25, 0.3) is 0 Å². The van der Waals surface area contributed by atoms with Gasteiger partial charge >= 0.3 is 0 Å². The first-order valence-electron chi connectivity index (χ1n) is 7.60. The molecule has 0 saturated carbocycles. The zero-order valence-electron chi connectivity index (χ0n) is 12.7. The van der Waals surface area contributed by atoms with E-state index in [0.29, 0.717) is 6.42 Å². The maximum Gasteiger partial charge on any atom is 0.240 e. The van der Waals surface area contributed by atoms with E-state index >= 15 is 0 Å². The molecule has 0 aromatic carbocycles. The second-order valence-corrected chi connectivity index (χ2v) is 6.22. The van der Waals surface area contributed by atoms with E-state index < -0.39 is 0 Å². The Morgan fingerprint density at radius 1 is 1.25 bits per heavy atom. The van der Waals surface area contributed by atoms with E-state index in [1.54, 1.807) is 17.6 Å². The number of thiophene rings is 1. The molecule has 0 aliphatic heterocycles. The Bertz CT molecular complexity index is 412. The molecular weight excluding hydrogens is 268 g/mol. The number of nitrogens with zero attached hydrogens (tertiary/aromatic N) is 1. The molecule has 20 heavy (non-hydrogen) atoms. The summed E-state index contributed by atoms with van der Waals surface area (Å²) in [5.74, 6) is 0.0164. The summed E-state index contributed by atoms with van der Waals surface area (Å²) in [5, 5.41) is 6.02. The number of hydrogen-bond donors (Lipinski definition) is 1. The average Bonchev–Trinajstić information content (AvgIpc) is 2.83. The molecule has 0 fully saturated rings. The van der Waals surface area contributed by atoms with E-state index in [-0.39, 0.29) is 5.91 Å². The molecule has 0 aliphatic carbocycles. The number of carbonyl (C=O) groups is 1. The van der Waals surface area contributed by atoms with Gasteiger partial charge in [0.2, 0.25) is 5.91 Å². The molecule has 1 N–H and O–H groups in total. The highest BCUT2D eigenvalue weighted by Gasteiger charge is 2.00. The van der Waals surface area contributed by atoms with Gasteiger partial charge in [-0.2, -0.15) is 5.10 Å². The van der Waals surface area contributed by atoms with Crippen LogP contribution < -0.4 is 5.43 Å². The first-order valence-corrected chi connectivity index (χ1v) is 8.48. The van der Waals surface area contributed by atoms with Crippen molar-refractivity contribution < 1.29 is 4.79 Å². The van der Waals surface area contributed by atoms with Crippen LogP contribution in [0.4, 0.5) is 0 Å². The molecule has 1 aromatic heterocycles. The largest absolute Gasteiger partial charge is 0.273 e. The minimum absolute atomic E-state index is 0.0164. The minimum atomic E-state index is 0.0164. The van der Waals surface area contributed by atoms with Crippen molar-refractivity contribution in [2.45, 2.75) is 65.2 Å². The van der Waals surface area contributed by atoms with E-state index in [4.69, 9.17) is 0 Å². The van der Waals surface area contributed by atoms with E-state index in [9.17, 15) is 4.79 Å². The van der Waals surface area contributed by atoms with Crippen LogP contribution in [0.1, 0.15) is 68.7 Å². The number of hydrogen-bond acceptors (Lipinski definition) is 3. The highest BCUT2D eigenvalue weighted by atomic mass is 32.1. The fourth-order valence-electron chi connectivity index (χ4n) is 2.00. The Morgan fingerprint density at radius 3 is 2.60 bits per heavy atom. The Kier molecular flexibility index (Phi) is 8.96. The number of unbranched alkanes of at least 4 members (excludes halogenated alkanes) is 6. The van der Waals surface area contributed by atoms with Crippen LogP contribution in [0, 0.1) is 6.92 Å². The van der Waals surface area contributed by atoms with Crippen molar-refractivity contribution in [1.82, 2.24) is 5.43 Å². The van der Waals surface area contributed by atoms with Gasteiger partial charge in [-0.25, -0.2) is 5.43 Å². The van der Waals surface area contributed by atoms with Crippen LogP contribution in [-0.2, 0) is 4.79 Å². The fraction of sp³-hybridized carbons (Fsp3) is 0.625. The van der Waals surface area contributed by atoms with E-state index in [2.05, 4.69) is 17.5 Å². The molecule has 0 radical (unpaired) electrons. The second kappa shape index (κ2) is 10.6. The normalized spacial score (nSPS) is 11.1. The van der Waals surface area contributed by atoms with Crippen LogP contribution >= 0.6 is 11.3 Å². The molecule has 1 rings (SSSR count). The standard InChI is InChI=1S/C16H26N2OS/c1-3-4-5-6-7-8-9-10-16(19)18-17-13-15-11-12-20-14(15)2/h11-13H,3-10H2,1-2H3,(H,18,19)/b17-13+. The van der Waals surface area contributed by atoms with Gasteiger partial charge in [0.25, 0.3) is 0 Å². The molecule has 112 valence electrons. The van der Waals surface area contributed by atoms with Crippen molar-refractivity contribution in [1.29, 1.82) is 0 Å². The number of rotatable bonds is 10. The van der Waals surface area contributed by atoms with Gasteiger partial charge in [0.05, 0.1) is 6.21 Å². The number of nitrogens with one attached hydrogen (secondary N) is 1. The van der Waals surface area contributed by atoms with E-state index in [0.717, 1.165) is 18.4 Å². The summed E-state index contributed by atoms with van der Waals surface area (Å²) in [6, 6.07) is 2.01. The molecule has 0 spiro atoms. The molecule has 1 heterocycles. The van der Waals surface area contributed by atoms with Crippen molar-refractivity contribution in [3.8, 4) is 0 Å². The highest BCUT2D eigenvalue weighted by Crippen LogP contribution is 2.12. The maximum absolute atomic E-state index is 11.6. The number of amides is 1. The Labute approximate surface area is 126 Å². The summed E-state index contributed by atoms with van der Waals surface area (Å²) in [6.07, 6.45) is 10.9. The zero-order chi connectivity index (χ0) is 14.6. The van der Waals surface area contributed by atoms with Gasteiger partial charge in [0.1, 0.15) is 0 Å². The van der Waals surface area contributed by atoms with Gasteiger partial charge in [0, 0.05) is 16.9 Å². The molecule has 1 aromatic rings. The number of hydrazone groups is 1. The van der Waals surface area contributed by atoms with E-state index in [1.807, 2.05) is 18.4 Å². The predicted octanol–water partition coefficient (Wildman–Crippen LogP) is 4.65. The smallest absolute Gasteiger partial charge is 0.240 e. The molecule has 0 bridgehead atoms. The zero-order valence-corrected chi connectivity index (χ0v) is 13.5. The third kappa shape index (κ3) is 7.43. The predicted molar refractivity (Wildman–Crippen MR) is 87.4 cm³/mol. The van der Waals surface area contributed by atoms with Crippen molar-refractivity contribution in [2.24, 2.45) is 5.10 Å². The SMILES string of the molecule is CCCCCCCCCC(=O)N/N=C/c1ccsc1C. The van der Waals surface area contributed by atoms with Gasteiger partial charge in [-0.05, 0) is 24.8 Å². The summed E-state index contributed by atoms with van der Waals surface area (Å²) in [5.41, 5.74) is 3.67. The lowest BCUT2D eigenvalue weighted by Gasteiger charge is -2.01. The molecule has 3 nitrogen and oxygen atoms in total. The van der Waals surface area contributed by atoms with Crippen LogP contribution in [0.3, 0.4) is 0 Å². The van der Waals surface area contributed by atoms with E-state index in [1.165, 1.54) is 37.0 Å². The van der Waals surface area contributed by atoms with Gasteiger partial charge in [-0.15, -0.1) is 11.3 Å². The lowest BCUT2D eigenvalue weighted by Crippen LogP contribution is -2.16. The van der Waals surface area contributed by atoms with Crippen molar-refractivity contribution >= 4 is 23.5 Å². The van der Waals surface area contributed by atoms with Crippen molar-refractivity contribution in [3.05, 3.63) is 21.9 Å². The van der Waals surface area contributed by atoms with Crippen LogP contribution in [-0.4, -0.2) is 12.1 Å². The maximum atomic E-state index is 11.6. The molecular formula is C16H26N2OS. The fourth-order valence-corrected chi connectivity index (χ4v) is 2.68. The molecule has 4 heteroatoms. The van der Waals surface area contributed by atoms with Gasteiger partial charge in [-0.1, -0.05) is 45.4 Å². The van der Waals surface area contributed by atoms with Gasteiger partial charge in [0.15, 0.2) is 0 Å². The number of carbonyl (C=O) groups excluding carboxylic acids is 1. The average molecular weight is 294 g/mol. The minimum Gasteiger partial charge on any atom is -0.273 e. The van der Waals surface area contributed by atoms with Crippen molar-refractivity contribution in [2.75, 3.05) is 0 Å². The van der Waals surface area contributed by atoms with Crippen molar-refractivity contribution in [3.63, 3.8) is 0 Å². The summed E-state index contributed by atoms with van der Waals surface area (Å²) in [7, 11) is 0. The molecule has 1 amide bonds. The molecule has 0 aliphatic rings. The first kappa shape index (κ1) is 16.9. The third-order valence-corrected chi connectivity index (χ3v) is 4.16. The summed E-state index contributed by atoms with van der Waals surface area (Å²) >= 11 is 1.68. The Balaban J connectivity index is 2.03. The molecule has 0 atom stereocenters. The second-order valence-electron chi connectivity index (χ2n) is 5.10. The Morgan fingerprint density at radius 2 is 1.95 bits per heavy atom. The topological polar surface area (TPSA) is 41.5 Å². The Hall–Kier alpha value is -1.16. The van der Waals surface area contributed by atoms with Gasteiger partial charge < -0.3 is 0 Å². The number of aryl methyl sites for hydroxylation is 1.